The van der Waals surface area contributed by atoms with Crippen LogP contribution in [-0.4, -0.2) is 29.7 Å². The Balaban J connectivity index is 2.00. The lowest BCUT2D eigenvalue weighted by molar-refractivity contribution is -0.135. The molecule has 2 rings (SSSR count). The van der Waals surface area contributed by atoms with Crippen molar-refractivity contribution in [3.63, 3.8) is 0 Å². The SMILES string of the molecule is O=CC1CCCN1C(=O)C1CC1. The number of hydrogen-bond acceptors (Lipinski definition) is 2. The van der Waals surface area contributed by atoms with E-state index in [1.54, 1.807) is 4.90 Å². The van der Waals surface area contributed by atoms with E-state index in [1.807, 2.05) is 0 Å². The number of carbonyl (C=O) groups excluding carboxylic acids is 2. The predicted molar refractivity (Wildman–Crippen MR) is 43.5 cm³/mol. The van der Waals surface area contributed by atoms with Gasteiger partial charge in [0.25, 0.3) is 0 Å². The van der Waals surface area contributed by atoms with Crippen LogP contribution in [-0.2, 0) is 9.59 Å². The van der Waals surface area contributed by atoms with Crippen molar-refractivity contribution in [3.05, 3.63) is 0 Å². The molecule has 0 N–H and O–H groups in total. The monoisotopic (exact) mass is 167 g/mol. The molecule has 1 aliphatic heterocycles. The van der Waals surface area contributed by atoms with Crippen molar-refractivity contribution in [2.75, 3.05) is 6.54 Å². The van der Waals surface area contributed by atoms with Gasteiger partial charge in [-0.25, -0.2) is 0 Å². The Kier molecular flexibility index (Phi) is 1.87. The van der Waals surface area contributed by atoms with Gasteiger partial charge >= 0.3 is 0 Å². The normalized spacial score (nSPS) is 29.0. The smallest absolute Gasteiger partial charge is 0.226 e. The average molecular weight is 167 g/mol. The summed E-state index contributed by atoms with van der Waals surface area (Å²) in [6, 6.07) is -0.113. The van der Waals surface area contributed by atoms with Gasteiger partial charge in [-0.2, -0.15) is 0 Å². The maximum absolute atomic E-state index is 11.5. The second-order valence-corrected chi connectivity index (χ2v) is 3.65. The summed E-state index contributed by atoms with van der Waals surface area (Å²) in [5.41, 5.74) is 0. The van der Waals surface area contributed by atoms with Gasteiger partial charge in [0.1, 0.15) is 6.29 Å². The third-order valence-corrected chi connectivity index (χ3v) is 2.67. The minimum Gasteiger partial charge on any atom is -0.333 e. The Morgan fingerprint density at radius 3 is 2.67 bits per heavy atom. The van der Waals surface area contributed by atoms with Gasteiger partial charge in [-0.15, -0.1) is 0 Å². The molecule has 0 aromatic heterocycles. The third-order valence-electron chi connectivity index (χ3n) is 2.67. The van der Waals surface area contributed by atoms with Gasteiger partial charge < -0.3 is 9.69 Å². The van der Waals surface area contributed by atoms with E-state index in [-0.39, 0.29) is 17.9 Å². The number of carbonyl (C=O) groups is 2. The molecule has 2 aliphatic rings. The maximum Gasteiger partial charge on any atom is 0.226 e. The Labute approximate surface area is 71.7 Å². The lowest BCUT2D eigenvalue weighted by atomic mass is 10.2. The van der Waals surface area contributed by atoms with Crippen molar-refractivity contribution in [1.29, 1.82) is 0 Å². The molecule has 0 aromatic rings. The molecular weight excluding hydrogens is 154 g/mol. The number of rotatable bonds is 2. The molecule has 1 unspecified atom stereocenters. The van der Waals surface area contributed by atoms with E-state index in [0.717, 1.165) is 38.5 Å². The molecule has 1 amide bonds. The topological polar surface area (TPSA) is 37.4 Å². The molecule has 3 nitrogen and oxygen atoms in total. The Morgan fingerprint density at radius 1 is 1.33 bits per heavy atom. The summed E-state index contributed by atoms with van der Waals surface area (Å²) in [5.74, 6) is 0.468. The lowest BCUT2D eigenvalue weighted by Gasteiger charge is -2.19. The highest BCUT2D eigenvalue weighted by Gasteiger charge is 2.37. The molecule has 1 atom stereocenters. The first kappa shape index (κ1) is 7.77. The largest absolute Gasteiger partial charge is 0.333 e. The number of hydrogen-bond donors (Lipinski definition) is 0. The first-order valence-corrected chi connectivity index (χ1v) is 4.58. The van der Waals surface area contributed by atoms with Crippen molar-refractivity contribution in [2.24, 2.45) is 5.92 Å². The summed E-state index contributed by atoms with van der Waals surface area (Å²) in [5, 5.41) is 0. The van der Waals surface area contributed by atoms with E-state index in [9.17, 15) is 9.59 Å². The van der Waals surface area contributed by atoms with Gasteiger partial charge in [0.2, 0.25) is 5.91 Å². The van der Waals surface area contributed by atoms with Gasteiger partial charge in [-0.1, -0.05) is 0 Å². The summed E-state index contributed by atoms with van der Waals surface area (Å²) < 4.78 is 0. The summed E-state index contributed by atoms with van der Waals surface area (Å²) >= 11 is 0. The molecule has 12 heavy (non-hydrogen) atoms. The molecule has 0 radical (unpaired) electrons. The van der Waals surface area contributed by atoms with Crippen LogP contribution >= 0.6 is 0 Å². The van der Waals surface area contributed by atoms with Crippen LogP contribution < -0.4 is 0 Å². The maximum atomic E-state index is 11.5. The van der Waals surface area contributed by atoms with Gasteiger partial charge in [-0.3, -0.25) is 4.79 Å². The second-order valence-electron chi connectivity index (χ2n) is 3.65. The highest BCUT2D eigenvalue weighted by Crippen LogP contribution is 2.33. The van der Waals surface area contributed by atoms with Crippen LogP contribution in [0.5, 0.6) is 0 Å². The van der Waals surface area contributed by atoms with Crippen LogP contribution in [0.25, 0.3) is 0 Å². The summed E-state index contributed by atoms with van der Waals surface area (Å²) in [4.78, 5) is 23.9. The molecular formula is C9H13NO2. The van der Waals surface area contributed by atoms with Crippen LogP contribution in [0.15, 0.2) is 0 Å². The standard InChI is InChI=1S/C9H13NO2/c11-6-8-2-1-5-10(8)9(12)7-3-4-7/h6-8H,1-5H2. The number of aldehydes is 1. The Bertz CT molecular complexity index is 211. The van der Waals surface area contributed by atoms with Gasteiger partial charge in [0.15, 0.2) is 0 Å². The van der Waals surface area contributed by atoms with Crippen LogP contribution in [0.1, 0.15) is 25.7 Å². The van der Waals surface area contributed by atoms with Crippen LogP contribution in [0.2, 0.25) is 0 Å². The highest BCUT2D eigenvalue weighted by molar-refractivity contribution is 5.84. The summed E-state index contributed by atoms with van der Waals surface area (Å²) in [6.45, 7) is 0.790. The molecule has 2 fully saturated rings. The minimum absolute atomic E-state index is 0.113. The lowest BCUT2D eigenvalue weighted by Crippen LogP contribution is -2.37. The fourth-order valence-electron chi connectivity index (χ4n) is 1.77. The zero-order valence-corrected chi connectivity index (χ0v) is 7.03. The van der Waals surface area contributed by atoms with E-state index < -0.39 is 0 Å². The molecule has 1 saturated carbocycles. The van der Waals surface area contributed by atoms with E-state index in [4.69, 9.17) is 0 Å². The zero-order chi connectivity index (χ0) is 8.55. The van der Waals surface area contributed by atoms with E-state index in [2.05, 4.69) is 0 Å². The van der Waals surface area contributed by atoms with Crippen molar-refractivity contribution >= 4 is 12.2 Å². The van der Waals surface area contributed by atoms with Crippen LogP contribution in [0, 0.1) is 5.92 Å². The van der Waals surface area contributed by atoms with Crippen LogP contribution in [0.4, 0.5) is 0 Å². The average Bonchev–Trinajstić information content (AvgIpc) is 2.82. The van der Waals surface area contributed by atoms with Crippen molar-refractivity contribution < 1.29 is 9.59 Å². The van der Waals surface area contributed by atoms with Crippen molar-refractivity contribution in [1.82, 2.24) is 4.90 Å². The summed E-state index contributed by atoms with van der Waals surface area (Å²) in [6.07, 6.45) is 4.82. The van der Waals surface area contributed by atoms with E-state index in [0.29, 0.717) is 0 Å². The van der Waals surface area contributed by atoms with Gasteiger partial charge in [0, 0.05) is 12.5 Å². The predicted octanol–water partition coefficient (Wildman–Crippen LogP) is 0.586. The Morgan fingerprint density at radius 2 is 2.08 bits per heavy atom. The number of likely N-dealkylation sites (tertiary alicyclic amines) is 1. The first-order valence-electron chi connectivity index (χ1n) is 4.58. The van der Waals surface area contributed by atoms with Crippen molar-refractivity contribution in [3.8, 4) is 0 Å². The van der Waals surface area contributed by atoms with E-state index in [1.165, 1.54) is 0 Å². The fourth-order valence-corrected chi connectivity index (χ4v) is 1.77. The number of nitrogens with zero attached hydrogens (tertiary/aromatic N) is 1. The first-order chi connectivity index (χ1) is 5.83. The quantitative estimate of drug-likeness (QED) is 0.564. The zero-order valence-electron chi connectivity index (χ0n) is 7.03. The molecule has 1 saturated heterocycles. The highest BCUT2D eigenvalue weighted by atomic mass is 16.2. The molecule has 0 aromatic carbocycles. The molecule has 1 heterocycles. The van der Waals surface area contributed by atoms with Crippen molar-refractivity contribution in [2.45, 2.75) is 31.7 Å². The van der Waals surface area contributed by atoms with Gasteiger partial charge in [0.05, 0.1) is 6.04 Å². The number of amides is 1. The Hall–Kier alpha value is -0.860. The van der Waals surface area contributed by atoms with E-state index >= 15 is 0 Å². The second kappa shape index (κ2) is 2.88. The molecule has 66 valence electrons. The third kappa shape index (κ3) is 1.24. The molecule has 1 aliphatic carbocycles. The minimum atomic E-state index is -0.113. The molecule has 3 heteroatoms. The summed E-state index contributed by atoms with van der Waals surface area (Å²) in [7, 11) is 0. The van der Waals surface area contributed by atoms with Crippen LogP contribution in [0.3, 0.4) is 0 Å². The molecule has 0 bridgehead atoms. The fraction of sp³-hybridized carbons (Fsp3) is 0.778. The van der Waals surface area contributed by atoms with Gasteiger partial charge in [-0.05, 0) is 25.7 Å². The molecule has 0 spiro atoms.